The second-order valence-corrected chi connectivity index (χ2v) is 6.85. The van der Waals surface area contributed by atoms with Crippen molar-refractivity contribution in [2.45, 2.75) is 52.8 Å². The van der Waals surface area contributed by atoms with Gasteiger partial charge in [0.2, 0.25) is 0 Å². The molecule has 2 aromatic rings. The van der Waals surface area contributed by atoms with E-state index >= 15 is 0 Å². The molecule has 2 rings (SSSR count). The highest BCUT2D eigenvalue weighted by atomic mass is 16.5. The molecule has 0 amide bonds. The molecule has 24 heavy (non-hydrogen) atoms. The minimum absolute atomic E-state index is 0.133. The van der Waals surface area contributed by atoms with Gasteiger partial charge in [0, 0.05) is 12.1 Å². The fourth-order valence-electron chi connectivity index (χ4n) is 2.37. The maximum absolute atomic E-state index is 5.95. The van der Waals surface area contributed by atoms with Gasteiger partial charge < -0.3 is 14.8 Å². The third-order valence-corrected chi connectivity index (χ3v) is 4.36. The Kier molecular flexibility index (Phi) is 6.27. The van der Waals surface area contributed by atoms with E-state index in [1.54, 1.807) is 7.11 Å². The highest BCUT2D eigenvalue weighted by molar-refractivity contribution is 5.43. The summed E-state index contributed by atoms with van der Waals surface area (Å²) in [5.74, 6) is 1.55. The number of hydrogen-bond acceptors (Lipinski definition) is 3. The van der Waals surface area contributed by atoms with Crippen molar-refractivity contribution in [3.63, 3.8) is 0 Å². The third-order valence-electron chi connectivity index (χ3n) is 4.36. The molecule has 0 bridgehead atoms. The Labute approximate surface area is 146 Å². The largest absolute Gasteiger partial charge is 0.493 e. The van der Waals surface area contributed by atoms with Crippen LogP contribution in [-0.2, 0) is 13.2 Å². The predicted octanol–water partition coefficient (Wildman–Crippen LogP) is 4.86. The molecule has 0 radical (unpaired) electrons. The SMILES string of the molecule is CCC(C)(C)NCc1ccc(OCc2cccc(C)c2)c(OC)c1. The Morgan fingerprint density at radius 2 is 1.79 bits per heavy atom. The fourth-order valence-corrected chi connectivity index (χ4v) is 2.37. The monoisotopic (exact) mass is 327 g/mol. The maximum Gasteiger partial charge on any atom is 0.161 e. The van der Waals surface area contributed by atoms with E-state index in [9.17, 15) is 0 Å². The van der Waals surface area contributed by atoms with Crippen LogP contribution < -0.4 is 14.8 Å². The molecule has 0 fully saturated rings. The van der Waals surface area contributed by atoms with Gasteiger partial charge in [0.05, 0.1) is 7.11 Å². The Morgan fingerprint density at radius 1 is 1.00 bits per heavy atom. The summed E-state index contributed by atoms with van der Waals surface area (Å²) in [6.45, 7) is 10.1. The first-order valence-electron chi connectivity index (χ1n) is 8.54. The number of rotatable bonds is 8. The molecule has 3 nitrogen and oxygen atoms in total. The summed E-state index contributed by atoms with van der Waals surface area (Å²) >= 11 is 0. The molecule has 0 aromatic heterocycles. The first-order chi connectivity index (χ1) is 11.4. The summed E-state index contributed by atoms with van der Waals surface area (Å²) in [5.41, 5.74) is 3.72. The zero-order valence-electron chi connectivity index (χ0n) is 15.5. The van der Waals surface area contributed by atoms with Crippen molar-refractivity contribution in [3.8, 4) is 11.5 Å². The Bertz CT molecular complexity index is 665. The van der Waals surface area contributed by atoms with E-state index in [4.69, 9.17) is 9.47 Å². The van der Waals surface area contributed by atoms with Crippen LogP contribution in [0.15, 0.2) is 42.5 Å². The van der Waals surface area contributed by atoms with Crippen molar-refractivity contribution in [1.29, 1.82) is 0 Å². The van der Waals surface area contributed by atoms with E-state index in [2.05, 4.69) is 63.3 Å². The molecule has 0 aliphatic carbocycles. The lowest BCUT2D eigenvalue weighted by atomic mass is 10.0. The topological polar surface area (TPSA) is 30.5 Å². The second kappa shape index (κ2) is 8.20. The fraction of sp³-hybridized carbons (Fsp3) is 0.429. The molecule has 130 valence electrons. The maximum atomic E-state index is 5.95. The molecule has 2 aromatic carbocycles. The summed E-state index contributed by atoms with van der Waals surface area (Å²) in [7, 11) is 1.68. The molecule has 0 heterocycles. The number of methoxy groups -OCH3 is 1. The first-order valence-corrected chi connectivity index (χ1v) is 8.54. The minimum atomic E-state index is 0.133. The molecule has 0 aliphatic rings. The first kappa shape index (κ1) is 18.3. The number of nitrogens with one attached hydrogen (secondary N) is 1. The van der Waals surface area contributed by atoms with Gasteiger partial charge in [0.15, 0.2) is 11.5 Å². The van der Waals surface area contributed by atoms with Gasteiger partial charge in [0.1, 0.15) is 6.61 Å². The summed E-state index contributed by atoms with van der Waals surface area (Å²) in [6.07, 6.45) is 1.09. The van der Waals surface area contributed by atoms with Crippen LogP contribution in [0.1, 0.15) is 43.9 Å². The normalized spacial score (nSPS) is 11.4. The highest BCUT2D eigenvalue weighted by Gasteiger charge is 2.14. The van der Waals surface area contributed by atoms with Crippen LogP contribution >= 0.6 is 0 Å². The van der Waals surface area contributed by atoms with Gasteiger partial charge in [0.25, 0.3) is 0 Å². The van der Waals surface area contributed by atoms with Gasteiger partial charge in [-0.2, -0.15) is 0 Å². The van der Waals surface area contributed by atoms with Crippen molar-refractivity contribution >= 4 is 0 Å². The summed E-state index contributed by atoms with van der Waals surface area (Å²) in [5, 5.41) is 3.56. The molecule has 1 N–H and O–H groups in total. The van der Waals surface area contributed by atoms with Crippen LogP contribution in [0.25, 0.3) is 0 Å². The van der Waals surface area contributed by atoms with Gasteiger partial charge in [-0.05, 0) is 50.5 Å². The number of hydrogen-bond donors (Lipinski definition) is 1. The molecule has 0 unspecified atom stereocenters. The predicted molar refractivity (Wildman–Crippen MR) is 99.7 cm³/mol. The van der Waals surface area contributed by atoms with Gasteiger partial charge in [-0.25, -0.2) is 0 Å². The zero-order chi connectivity index (χ0) is 17.6. The molecule has 3 heteroatoms. The van der Waals surface area contributed by atoms with Crippen molar-refractivity contribution in [1.82, 2.24) is 5.32 Å². The quantitative estimate of drug-likeness (QED) is 0.751. The van der Waals surface area contributed by atoms with Crippen molar-refractivity contribution in [3.05, 3.63) is 59.2 Å². The van der Waals surface area contributed by atoms with Crippen LogP contribution in [0, 0.1) is 6.92 Å². The molecule has 0 aliphatic heterocycles. The summed E-state index contributed by atoms with van der Waals surface area (Å²) in [4.78, 5) is 0. The van der Waals surface area contributed by atoms with Crippen LogP contribution in [0.2, 0.25) is 0 Å². The molecule has 0 atom stereocenters. The van der Waals surface area contributed by atoms with Gasteiger partial charge in [-0.15, -0.1) is 0 Å². The van der Waals surface area contributed by atoms with E-state index < -0.39 is 0 Å². The van der Waals surface area contributed by atoms with Crippen molar-refractivity contribution in [2.24, 2.45) is 0 Å². The average Bonchev–Trinajstić information content (AvgIpc) is 2.58. The second-order valence-electron chi connectivity index (χ2n) is 6.85. The molecule has 0 saturated heterocycles. The summed E-state index contributed by atoms with van der Waals surface area (Å²) in [6, 6.07) is 14.5. The molecule has 0 saturated carbocycles. The van der Waals surface area contributed by atoms with E-state index in [1.807, 2.05) is 12.1 Å². The summed E-state index contributed by atoms with van der Waals surface area (Å²) < 4.78 is 11.4. The average molecular weight is 327 g/mol. The molecule has 0 spiro atoms. The van der Waals surface area contributed by atoms with Crippen LogP contribution in [-0.4, -0.2) is 12.6 Å². The number of benzene rings is 2. The molecular weight excluding hydrogens is 298 g/mol. The van der Waals surface area contributed by atoms with E-state index in [0.29, 0.717) is 6.61 Å². The zero-order valence-corrected chi connectivity index (χ0v) is 15.5. The highest BCUT2D eigenvalue weighted by Crippen LogP contribution is 2.29. The van der Waals surface area contributed by atoms with E-state index in [1.165, 1.54) is 11.1 Å². The smallest absolute Gasteiger partial charge is 0.161 e. The Hall–Kier alpha value is -2.00. The van der Waals surface area contributed by atoms with Gasteiger partial charge >= 0.3 is 0 Å². The minimum Gasteiger partial charge on any atom is -0.493 e. The number of aryl methyl sites for hydroxylation is 1. The lowest BCUT2D eigenvalue weighted by molar-refractivity contribution is 0.284. The van der Waals surface area contributed by atoms with Gasteiger partial charge in [-0.1, -0.05) is 42.8 Å². The van der Waals surface area contributed by atoms with E-state index in [0.717, 1.165) is 30.0 Å². The third kappa shape index (κ3) is 5.27. The van der Waals surface area contributed by atoms with Crippen LogP contribution in [0.4, 0.5) is 0 Å². The standard InChI is InChI=1S/C21H29NO2/c1-6-21(3,4)22-14-17-10-11-19(20(13-17)23-5)24-15-18-9-7-8-16(2)12-18/h7-13,22H,6,14-15H2,1-5H3. The Morgan fingerprint density at radius 3 is 2.46 bits per heavy atom. The lowest BCUT2D eigenvalue weighted by Gasteiger charge is -2.24. The van der Waals surface area contributed by atoms with Crippen LogP contribution in [0.3, 0.4) is 0 Å². The molecular formula is C21H29NO2. The lowest BCUT2D eigenvalue weighted by Crippen LogP contribution is -2.37. The van der Waals surface area contributed by atoms with E-state index in [-0.39, 0.29) is 5.54 Å². The van der Waals surface area contributed by atoms with Crippen molar-refractivity contribution < 1.29 is 9.47 Å². The van der Waals surface area contributed by atoms with Crippen molar-refractivity contribution in [2.75, 3.05) is 7.11 Å². The Balaban J connectivity index is 2.03. The van der Waals surface area contributed by atoms with Crippen LogP contribution in [0.5, 0.6) is 11.5 Å². The number of ether oxygens (including phenoxy) is 2. The van der Waals surface area contributed by atoms with Gasteiger partial charge in [-0.3, -0.25) is 0 Å².